The van der Waals surface area contributed by atoms with E-state index in [1.165, 1.54) is 4.31 Å². The van der Waals surface area contributed by atoms with Crippen LogP contribution in [-0.2, 0) is 19.6 Å². The Bertz CT molecular complexity index is 844. The smallest absolute Gasteiger partial charge is 0.316 e. The monoisotopic (exact) mass is 409 g/mol. The molecule has 0 amide bonds. The zero-order valence-corrected chi connectivity index (χ0v) is 17.2. The first kappa shape index (κ1) is 19.7. The molecule has 2 saturated carbocycles. The van der Waals surface area contributed by atoms with E-state index in [1.807, 2.05) is 0 Å². The largest absolute Gasteiger partial charge is 0.461 e. The van der Waals surface area contributed by atoms with Gasteiger partial charge in [0.2, 0.25) is 10.0 Å². The first-order valence-electron chi connectivity index (χ1n) is 9.77. The lowest BCUT2D eigenvalue weighted by Gasteiger charge is -2.39. The fourth-order valence-corrected chi connectivity index (χ4v) is 7.31. The molecule has 2 bridgehead atoms. The number of nitrogens with zero attached hydrogens (tertiary/aromatic N) is 3. The topological polar surface area (TPSA) is 98.7 Å². The van der Waals surface area contributed by atoms with Crippen LogP contribution in [0.2, 0.25) is 0 Å². The zero-order valence-electron chi connectivity index (χ0n) is 16.3. The lowest BCUT2D eigenvalue weighted by Crippen LogP contribution is -2.52. The van der Waals surface area contributed by atoms with Crippen molar-refractivity contribution in [3.05, 3.63) is 18.5 Å². The molecule has 0 aromatic carbocycles. The van der Waals surface area contributed by atoms with Gasteiger partial charge in [-0.05, 0) is 30.2 Å². The number of hydrogen-bond donors (Lipinski definition) is 0. The molecule has 3 atom stereocenters. The fraction of sp³-hybridized carbons (Fsp3) is 0.737. The quantitative estimate of drug-likeness (QED) is 0.698. The molecule has 0 N–H and O–H groups in total. The van der Waals surface area contributed by atoms with E-state index < -0.39 is 21.5 Å². The second-order valence-electron chi connectivity index (χ2n) is 8.62. The highest BCUT2D eigenvalue weighted by atomic mass is 32.2. The zero-order chi connectivity index (χ0) is 20.0. The highest BCUT2D eigenvalue weighted by Crippen LogP contribution is 2.64. The van der Waals surface area contributed by atoms with E-state index in [1.54, 1.807) is 18.5 Å². The minimum Gasteiger partial charge on any atom is -0.461 e. The van der Waals surface area contributed by atoms with Crippen molar-refractivity contribution in [3.63, 3.8) is 0 Å². The van der Waals surface area contributed by atoms with Gasteiger partial charge in [0.25, 0.3) is 0 Å². The number of fused-ring (bicyclic) bond motifs is 2. The molecule has 28 heavy (non-hydrogen) atoms. The average Bonchev–Trinajstić information content (AvgIpc) is 3.01. The van der Waals surface area contributed by atoms with E-state index in [-0.39, 0.29) is 36.1 Å². The van der Waals surface area contributed by atoms with E-state index in [9.17, 15) is 13.2 Å². The summed E-state index contributed by atoms with van der Waals surface area (Å²) in [5.74, 6) is 0.316. The number of aromatic nitrogens is 2. The van der Waals surface area contributed by atoms with Crippen LogP contribution in [0.1, 0.15) is 33.1 Å². The molecule has 0 radical (unpaired) electrons. The summed E-state index contributed by atoms with van der Waals surface area (Å²) in [6, 6.07) is 1.93. The molecule has 0 spiro atoms. The van der Waals surface area contributed by atoms with Crippen molar-refractivity contribution in [1.82, 2.24) is 14.3 Å². The molecule has 1 saturated heterocycles. The Hall–Kier alpha value is -1.58. The molecule has 8 nitrogen and oxygen atoms in total. The van der Waals surface area contributed by atoms with Gasteiger partial charge >= 0.3 is 6.01 Å². The van der Waals surface area contributed by atoms with Crippen LogP contribution in [-0.4, -0.2) is 66.6 Å². The van der Waals surface area contributed by atoms with Crippen LogP contribution in [0.4, 0.5) is 0 Å². The standard InChI is InChI=1S/C19H27N3O5S/c1-18(2)14-4-5-19(18,16(23)10-14)13-28(24,25)22-8-9-26-15(11-22)12-27-17-20-6-3-7-21-17/h3,6-7,14-15H,4-5,8-13H2,1-2H3/t14-,15?,19-/m0/s1. The number of sulfonamides is 1. The molecule has 3 aliphatic rings. The van der Waals surface area contributed by atoms with Crippen LogP contribution in [0, 0.1) is 16.7 Å². The van der Waals surface area contributed by atoms with Gasteiger partial charge in [-0.15, -0.1) is 0 Å². The predicted octanol–water partition coefficient (Wildman–Crippen LogP) is 1.28. The van der Waals surface area contributed by atoms with Crippen molar-refractivity contribution in [2.24, 2.45) is 16.7 Å². The van der Waals surface area contributed by atoms with E-state index in [0.29, 0.717) is 31.9 Å². The molecule has 1 aliphatic heterocycles. The number of carbonyl (C=O) groups is 1. The van der Waals surface area contributed by atoms with Crippen molar-refractivity contribution in [1.29, 1.82) is 0 Å². The third kappa shape index (κ3) is 3.23. The van der Waals surface area contributed by atoms with Gasteiger partial charge in [0.15, 0.2) is 0 Å². The molecule has 1 aromatic heterocycles. The summed E-state index contributed by atoms with van der Waals surface area (Å²) < 4.78 is 39.1. The lowest BCUT2D eigenvalue weighted by atomic mass is 9.70. The number of ketones is 1. The van der Waals surface area contributed by atoms with E-state index in [2.05, 4.69) is 23.8 Å². The average molecular weight is 410 g/mol. The summed E-state index contributed by atoms with van der Waals surface area (Å²) in [6.45, 7) is 5.10. The molecule has 2 heterocycles. The SMILES string of the molecule is CC1(C)[C@H]2CC[C@]1(CS(=O)(=O)N1CCOC(COc3ncccn3)C1)C(=O)C2. The van der Waals surface area contributed by atoms with Crippen LogP contribution in [0.15, 0.2) is 18.5 Å². The molecular formula is C19H27N3O5S. The molecule has 3 fully saturated rings. The van der Waals surface area contributed by atoms with Crippen LogP contribution in [0.5, 0.6) is 6.01 Å². The van der Waals surface area contributed by atoms with Gasteiger partial charge in [-0.3, -0.25) is 4.79 Å². The molecule has 2 aliphatic carbocycles. The molecule has 154 valence electrons. The third-order valence-electron chi connectivity index (χ3n) is 7.00. The minimum atomic E-state index is -3.58. The van der Waals surface area contributed by atoms with Gasteiger partial charge in [-0.25, -0.2) is 18.4 Å². The van der Waals surface area contributed by atoms with Crippen LogP contribution in [0.3, 0.4) is 0 Å². The van der Waals surface area contributed by atoms with Crippen LogP contribution >= 0.6 is 0 Å². The summed E-state index contributed by atoms with van der Waals surface area (Å²) >= 11 is 0. The van der Waals surface area contributed by atoms with Gasteiger partial charge in [0.05, 0.1) is 12.4 Å². The van der Waals surface area contributed by atoms with Crippen molar-refractivity contribution in [2.45, 2.75) is 39.2 Å². The minimum absolute atomic E-state index is 0.0995. The van der Waals surface area contributed by atoms with Crippen LogP contribution < -0.4 is 4.74 Å². The number of ether oxygens (including phenoxy) is 2. The summed E-state index contributed by atoms with van der Waals surface area (Å²) in [7, 11) is -3.58. The van der Waals surface area contributed by atoms with Crippen molar-refractivity contribution < 1.29 is 22.7 Å². The summed E-state index contributed by atoms with van der Waals surface area (Å²) in [5, 5.41) is 0. The van der Waals surface area contributed by atoms with Crippen LogP contribution in [0.25, 0.3) is 0 Å². The first-order chi connectivity index (χ1) is 13.2. The number of morpholine rings is 1. The Morgan fingerprint density at radius 3 is 2.71 bits per heavy atom. The Labute approximate surface area is 165 Å². The maximum absolute atomic E-state index is 13.2. The summed E-state index contributed by atoms with van der Waals surface area (Å²) in [5.41, 5.74) is -1.02. The number of hydrogen-bond acceptors (Lipinski definition) is 7. The Morgan fingerprint density at radius 1 is 1.32 bits per heavy atom. The maximum atomic E-state index is 13.2. The Morgan fingerprint density at radius 2 is 2.07 bits per heavy atom. The molecule has 1 unspecified atom stereocenters. The van der Waals surface area contributed by atoms with E-state index in [4.69, 9.17) is 9.47 Å². The molecular weight excluding hydrogens is 382 g/mol. The van der Waals surface area contributed by atoms with Gasteiger partial charge in [0, 0.05) is 37.3 Å². The lowest BCUT2D eigenvalue weighted by molar-refractivity contribution is -0.128. The first-order valence-corrected chi connectivity index (χ1v) is 11.4. The van der Waals surface area contributed by atoms with Crippen molar-refractivity contribution in [3.8, 4) is 6.01 Å². The third-order valence-corrected chi connectivity index (χ3v) is 8.98. The summed E-state index contributed by atoms with van der Waals surface area (Å²) in [4.78, 5) is 20.7. The fourth-order valence-electron chi connectivity index (χ4n) is 5.08. The molecule has 4 rings (SSSR count). The number of Topliss-reactive ketones (excluding diaryl/α,β-unsaturated/α-hetero) is 1. The van der Waals surface area contributed by atoms with Gasteiger partial charge in [-0.1, -0.05) is 13.8 Å². The normalized spacial score (nSPS) is 32.6. The Kier molecular flexibility index (Phi) is 4.96. The van der Waals surface area contributed by atoms with E-state index >= 15 is 0 Å². The summed E-state index contributed by atoms with van der Waals surface area (Å²) in [6.07, 6.45) is 4.88. The van der Waals surface area contributed by atoms with Gasteiger partial charge in [0.1, 0.15) is 18.5 Å². The van der Waals surface area contributed by atoms with Gasteiger partial charge in [-0.2, -0.15) is 4.31 Å². The van der Waals surface area contributed by atoms with Crippen molar-refractivity contribution in [2.75, 3.05) is 32.1 Å². The van der Waals surface area contributed by atoms with Crippen molar-refractivity contribution >= 4 is 15.8 Å². The number of rotatable bonds is 6. The molecule has 9 heteroatoms. The highest BCUT2D eigenvalue weighted by Gasteiger charge is 2.65. The number of carbonyl (C=O) groups excluding carboxylic acids is 1. The molecule has 1 aromatic rings. The van der Waals surface area contributed by atoms with E-state index in [0.717, 1.165) is 6.42 Å². The second kappa shape index (κ2) is 7.03. The Balaban J connectivity index is 1.43. The van der Waals surface area contributed by atoms with Gasteiger partial charge < -0.3 is 9.47 Å². The maximum Gasteiger partial charge on any atom is 0.316 e. The predicted molar refractivity (Wildman–Crippen MR) is 101 cm³/mol. The second-order valence-corrected chi connectivity index (χ2v) is 10.6. The highest BCUT2D eigenvalue weighted by molar-refractivity contribution is 7.89.